The van der Waals surface area contributed by atoms with Crippen LogP contribution in [0.1, 0.15) is 68.0 Å². The molecule has 52 heavy (non-hydrogen) atoms. The summed E-state index contributed by atoms with van der Waals surface area (Å²) in [6.45, 7) is 4.75. The van der Waals surface area contributed by atoms with Crippen molar-refractivity contribution in [3.63, 3.8) is 0 Å². The average Bonchev–Trinajstić information content (AvgIpc) is 3.62. The summed E-state index contributed by atoms with van der Waals surface area (Å²) < 4.78 is 29.9. The summed E-state index contributed by atoms with van der Waals surface area (Å²) in [5.41, 5.74) is 4.64. The van der Waals surface area contributed by atoms with Crippen LogP contribution in [0.3, 0.4) is 0 Å². The number of carbonyl (C=O) groups is 3. The summed E-state index contributed by atoms with van der Waals surface area (Å²) >= 11 is 1.39. The number of aryl methyl sites for hydroxylation is 1. The monoisotopic (exact) mass is 726 g/mol. The maximum absolute atomic E-state index is 13.8. The van der Waals surface area contributed by atoms with Crippen molar-refractivity contribution in [2.75, 3.05) is 33.3 Å². The summed E-state index contributed by atoms with van der Waals surface area (Å²) in [5, 5.41) is 25.2. The Morgan fingerprint density at radius 2 is 1.83 bits per heavy atom. The first kappa shape index (κ1) is 34.1. The van der Waals surface area contributed by atoms with Crippen molar-refractivity contribution in [3.8, 4) is 34.8 Å². The van der Waals surface area contributed by atoms with E-state index in [9.17, 15) is 24.8 Å². The SMILES string of the molecule is COc1c(C)cc2c(c1O)[C@@H]1C3[C@@H]4SCC(NC(=O)c5ccccc5)C(=O)OC[C@@H](c5c6c(c(C)c(OC(C)=O)c54)OCO6)N3[C@@H](C#N)[C@H](C2)N1C. The van der Waals surface area contributed by atoms with Gasteiger partial charge in [-0.05, 0) is 50.6 Å². The number of nitrogens with zero attached hydrogens (tertiary/aromatic N) is 3. The highest BCUT2D eigenvalue weighted by Crippen LogP contribution is 2.64. The number of phenols is 1. The van der Waals surface area contributed by atoms with Crippen LogP contribution in [0.15, 0.2) is 36.4 Å². The quantitative estimate of drug-likeness (QED) is 0.294. The number of methoxy groups -OCH3 is 1. The first-order chi connectivity index (χ1) is 25.0. The molecule has 3 aromatic rings. The average molecular weight is 727 g/mol. The van der Waals surface area contributed by atoms with Crippen molar-refractivity contribution < 1.29 is 43.2 Å². The van der Waals surface area contributed by atoms with E-state index in [0.29, 0.717) is 57.2 Å². The fourth-order valence-electron chi connectivity index (χ4n) is 8.90. The molecule has 6 aliphatic rings. The van der Waals surface area contributed by atoms with E-state index in [0.717, 1.165) is 11.1 Å². The Labute approximate surface area is 304 Å². The molecule has 0 radical (unpaired) electrons. The molecule has 270 valence electrons. The fourth-order valence-corrected chi connectivity index (χ4v) is 10.4. The van der Waals surface area contributed by atoms with E-state index in [-0.39, 0.29) is 30.9 Å². The zero-order valence-electron chi connectivity index (χ0n) is 29.3. The molecule has 14 heteroatoms. The van der Waals surface area contributed by atoms with Crippen LogP contribution in [-0.2, 0) is 20.7 Å². The summed E-state index contributed by atoms with van der Waals surface area (Å²) in [5.74, 6) is 0.0872. The fraction of sp³-hybridized carbons (Fsp3) is 0.421. The van der Waals surface area contributed by atoms with Crippen LogP contribution >= 0.6 is 11.8 Å². The molecule has 2 unspecified atom stereocenters. The van der Waals surface area contributed by atoms with Crippen LogP contribution in [-0.4, -0.2) is 90.2 Å². The largest absolute Gasteiger partial charge is 0.504 e. The number of aromatic hydroxyl groups is 1. The van der Waals surface area contributed by atoms with Crippen LogP contribution in [0.25, 0.3) is 0 Å². The van der Waals surface area contributed by atoms with E-state index in [4.69, 9.17) is 23.7 Å². The number of hydrogen-bond acceptors (Lipinski definition) is 13. The van der Waals surface area contributed by atoms with Gasteiger partial charge >= 0.3 is 11.9 Å². The second kappa shape index (κ2) is 12.9. The lowest BCUT2D eigenvalue weighted by Gasteiger charge is -2.61. The molecular formula is C38H38N4O9S. The van der Waals surface area contributed by atoms with Gasteiger partial charge in [0, 0.05) is 52.6 Å². The van der Waals surface area contributed by atoms with Gasteiger partial charge in [0.1, 0.15) is 24.4 Å². The number of carbonyl (C=O) groups excluding carboxylic acids is 3. The number of esters is 2. The molecule has 7 atom stereocenters. The van der Waals surface area contributed by atoms with Gasteiger partial charge in [-0.1, -0.05) is 24.3 Å². The molecule has 0 saturated carbocycles. The van der Waals surface area contributed by atoms with Crippen LogP contribution in [0.4, 0.5) is 0 Å². The maximum Gasteiger partial charge on any atom is 0.329 e. The second-order valence-corrected chi connectivity index (χ2v) is 14.9. The molecule has 9 rings (SSSR count). The minimum absolute atomic E-state index is 0.0304. The molecule has 2 fully saturated rings. The number of benzene rings is 3. The molecule has 0 aliphatic carbocycles. The van der Waals surface area contributed by atoms with Gasteiger partial charge in [-0.3, -0.25) is 19.4 Å². The van der Waals surface area contributed by atoms with Gasteiger partial charge in [-0.15, -0.1) is 11.8 Å². The van der Waals surface area contributed by atoms with Gasteiger partial charge in [0.05, 0.1) is 30.5 Å². The number of amides is 1. The van der Waals surface area contributed by atoms with E-state index in [1.807, 2.05) is 20.0 Å². The van der Waals surface area contributed by atoms with Gasteiger partial charge in [0.15, 0.2) is 23.0 Å². The molecular weight excluding hydrogens is 689 g/mol. The van der Waals surface area contributed by atoms with Gasteiger partial charge in [-0.2, -0.15) is 5.26 Å². The number of rotatable bonds is 4. The Balaban J connectivity index is 1.36. The molecule has 0 aromatic heterocycles. The lowest BCUT2D eigenvalue weighted by Crippen LogP contribution is -2.69. The number of ether oxygens (including phenoxy) is 5. The van der Waals surface area contributed by atoms with E-state index in [1.165, 1.54) is 25.8 Å². The molecule has 2 saturated heterocycles. The molecule has 0 spiro atoms. The summed E-state index contributed by atoms with van der Waals surface area (Å²) in [4.78, 5) is 44.2. The first-order valence-electron chi connectivity index (χ1n) is 17.1. The first-order valence-corrected chi connectivity index (χ1v) is 18.2. The molecule has 1 amide bonds. The Kier molecular flexibility index (Phi) is 8.47. The van der Waals surface area contributed by atoms with Crippen LogP contribution in [0, 0.1) is 25.2 Å². The van der Waals surface area contributed by atoms with Crippen molar-refractivity contribution in [2.24, 2.45) is 0 Å². The summed E-state index contributed by atoms with van der Waals surface area (Å²) in [6, 6.07) is 9.46. The maximum atomic E-state index is 13.8. The Morgan fingerprint density at radius 1 is 1.08 bits per heavy atom. The van der Waals surface area contributed by atoms with Gasteiger partial charge < -0.3 is 34.1 Å². The van der Waals surface area contributed by atoms with Crippen molar-refractivity contribution in [3.05, 3.63) is 75.3 Å². The van der Waals surface area contributed by atoms with E-state index in [1.54, 1.807) is 37.3 Å². The lowest BCUT2D eigenvalue weighted by molar-refractivity contribution is -0.151. The number of nitrogens with one attached hydrogen (secondary N) is 1. The highest BCUT2D eigenvalue weighted by Gasteiger charge is 2.60. The minimum Gasteiger partial charge on any atom is -0.504 e. The number of phenolic OH excluding ortho intramolecular Hbond substituents is 1. The van der Waals surface area contributed by atoms with Crippen LogP contribution in [0.5, 0.6) is 28.7 Å². The number of piperazine rings is 1. The van der Waals surface area contributed by atoms with Gasteiger partial charge in [-0.25, -0.2) is 4.79 Å². The number of likely N-dealkylation sites (N-methyl/N-ethyl adjacent to an activating group) is 1. The number of thioether (sulfide) groups is 1. The Bertz CT molecular complexity index is 2050. The van der Waals surface area contributed by atoms with Gasteiger partial charge in [0.25, 0.3) is 5.91 Å². The standard InChI is InChI=1S/C38H38N4O9S/c1-17-11-21-12-23-24(13-39)42-25-14-48-38(46)22(40-37(45)20-9-7-6-8-10-20)15-52-36(30(42)29(41(23)4)26(21)31(44)32(17)47-5)28-27(25)35-34(49-16-50-35)18(2)33(28)51-19(3)43/h6-11,22-25,29-30,36,44H,12,14-16H2,1-5H3,(H,40,45)/t22?,23-,24-,25-,29+,30?,36+/m0/s1. The highest BCUT2D eigenvalue weighted by atomic mass is 32.2. The minimum atomic E-state index is -1.03. The Hall–Kier alpha value is -4.97. The third kappa shape index (κ3) is 5.08. The lowest BCUT2D eigenvalue weighted by atomic mass is 9.71. The molecule has 4 bridgehead atoms. The van der Waals surface area contributed by atoms with E-state index in [2.05, 4.69) is 21.2 Å². The predicted molar refractivity (Wildman–Crippen MR) is 188 cm³/mol. The van der Waals surface area contributed by atoms with E-state index < -0.39 is 53.3 Å². The van der Waals surface area contributed by atoms with Crippen molar-refractivity contribution in [1.82, 2.24) is 15.1 Å². The third-order valence-corrected chi connectivity index (χ3v) is 12.4. The Morgan fingerprint density at radius 3 is 2.54 bits per heavy atom. The molecule has 6 heterocycles. The third-order valence-electron chi connectivity index (χ3n) is 11.0. The highest BCUT2D eigenvalue weighted by molar-refractivity contribution is 7.99. The van der Waals surface area contributed by atoms with Gasteiger partial charge in [0.2, 0.25) is 6.79 Å². The number of hydrogen-bond donors (Lipinski definition) is 2. The van der Waals surface area contributed by atoms with Crippen molar-refractivity contribution >= 4 is 29.6 Å². The van der Waals surface area contributed by atoms with Crippen molar-refractivity contribution in [1.29, 1.82) is 5.26 Å². The molecule has 6 aliphatic heterocycles. The smallest absolute Gasteiger partial charge is 0.329 e. The zero-order chi connectivity index (χ0) is 36.6. The molecule has 13 nitrogen and oxygen atoms in total. The normalized spacial score (nSPS) is 27.3. The topological polar surface area (TPSA) is 160 Å². The number of fused-ring (bicyclic) bond motifs is 10. The summed E-state index contributed by atoms with van der Waals surface area (Å²) in [6.07, 6.45) is 0.483. The molecule has 3 aromatic carbocycles. The van der Waals surface area contributed by atoms with Crippen LogP contribution < -0.4 is 24.3 Å². The molecule has 2 N–H and O–H groups in total. The predicted octanol–water partition coefficient (Wildman–Crippen LogP) is 4.03. The van der Waals surface area contributed by atoms with Crippen LogP contribution in [0.2, 0.25) is 0 Å². The van der Waals surface area contributed by atoms with E-state index >= 15 is 0 Å². The number of nitriles is 1. The zero-order valence-corrected chi connectivity index (χ0v) is 30.1. The summed E-state index contributed by atoms with van der Waals surface area (Å²) in [7, 11) is 3.49. The van der Waals surface area contributed by atoms with Crippen molar-refractivity contribution in [2.45, 2.75) is 68.7 Å². The second-order valence-electron chi connectivity index (χ2n) is 13.8.